The van der Waals surface area contributed by atoms with Gasteiger partial charge in [-0.25, -0.2) is 10.4 Å². The molecule has 0 saturated carbocycles. The first-order valence-electron chi connectivity index (χ1n) is 15.1. The Bertz CT molecular complexity index is 1730. The van der Waals surface area contributed by atoms with Crippen molar-refractivity contribution in [2.75, 3.05) is 20.3 Å². The first-order valence-corrected chi connectivity index (χ1v) is 15.8. The zero-order valence-electron chi connectivity index (χ0n) is 25.8. The Labute approximate surface area is 281 Å². The Morgan fingerprint density at radius 3 is 2.43 bits per heavy atom. The maximum absolute atomic E-state index is 14.5. The number of rotatable bonds is 15. The molecule has 1 aliphatic heterocycles. The molecule has 0 fully saturated rings. The monoisotopic (exact) mass is 698 g/mol. The number of ether oxygens (including phenoxy) is 3. The number of azide groups is 1. The Kier molecular flexibility index (Phi) is 11.5. The highest BCUT2D eigenvalue weighted by molar-refractivity contribution is 9.10. The third-order valence-electron chi connectivity index (χ3n) is 7.71. The summed E-state index contributed by atoms with van der Waals surface area (Å²) in [7, 11) is 1.61. The number of aliphatic hydroxyl groups excluding tert-OH is 1. The summed E-state index contributed by atoms with van der Waals surface area (Å²) in [5.74, 6) is 1.27. The molecule has 0 bridgehead atoms. The molecule has 0 aromatic heterocycles. The van der Waals surface area contributed by atoms with Crippen molar-refractivity contribution in [2.45, 2.75) is 37.6 Å². The Morgan fingerprint density at radius 1 is 1.02 bits per heavy atom. The SMILES string of the molecule is COc1ccc(CNNC(=O)[C@@]2(Cc3ccc(Br)cc3)N=C(c3ccc(OCCCO)cc3)O[C@H]2c2ccccc2CN=[N+]=[N-])cc1. The average molecular weight is 700 g/mol. The zero-order chi connectivity index (χ0) is 33.1. The van der Waals surface area contributed by atoms with E-state index in [1.165, 1.54) is 0 Å². The lowest BCUT2D eigenvalue weighted by molar-refractivity contribution is -0.130. The van der Waals surface area contributed by atoms with Gasteiger partial charge in [-0.05, 0) is 76.3 Å². The van der Waals surface area contributed by atoms with Crippen molar-refractivity contribution in [2.24, 2.45) is 10.1 Å². The average Bonchev–Trinajstić information content (AvgIpc) is 3.49. The quantitative estimate of drug-likeness (QED) is 0.0433. The summed E-state index contributed by atoms with van der Waals surface area (Å²) < 4.78 is 18.5. The maximum atomic E-state index is 14.5. The van der Waals surface area contributed by atoms with E-state index in [1.54, 1.807) is 19.2 Å². The second kappa shape index (κ2) is 16.1. The maximum Gasteiger partial charge on any atom is 0.266 e. The van der Waals surface area contributed by atoms with Crippen molar-refractivity contribution in [1.82, 2.24) is 10.9 Å². The van der Waals surface area contributed by atoms with Gasteiger partial charge in [-0.2, -0.15) is 0 Å². The predicted octanol–water partition coefficient (Wildman–Crippen LogP) is 6.35. The zero-order valence-corrected chi connectivity index (χ0v) is 27.4. The van der Waals surface area contributed by atoms with Crippen LogP contribution in [0.3, 0.4) is 0 Å². The van der Waals surface area contributed by atoms with Gasteiger partial charge in [0.25, 0.3) is 5.91 Å². The summed E-state index contributed by atoms with van der Waals surface area (Å²) in [6, 6.07) is 30.0. The van der Waals surface area contributed by atoms with Crippen LogP contribution in [-0.2, 0) is 29.0 Å². The molecular formula is C35H35BrN6O5. The number of hydrazine groups is 1. The van der Waals surface area contributed by atoms with E-state index in [2.05, 4.69) is 36.8 Å². The van der Waals surface area contributed by atoms with Crippen LogP contribution >= 0.6 is 15.9 Å². The number of methoxy groups -OCH3 is 1. The fraction of sp³-hybridized carbons (Fsp3) is 0.257. The number of nitrogens with zero attached hydrogens (tertiary/aromatic N) is 4. The van der Waals surface area contributed by atoms with Gasteiger partial charge in [0.1, 0.15) is 11.5 Å². The molecule has 3 N–H and O–H groups in total. The van der Waals surface area contributed by atoms with Crippen LogP contribution in [0.4, 0.5) is 0 Å². The fourth-order valence-corrected chi connectivity index (χ4v) is 5.56. The lowest BCUT2D eigenvalue weighted by Gasteiger charge is -2.32. The topological polar surface area (TPSA) is 150 Å². The van der Waals surface area contributed by atoms with Crippen LogP contribution < -0.4 is 20.3 Å². The highest BCUT2D eigenvalue weighted by Crippen LogP contribution is 2.44. The van der Waals surface area contributed by atoms with E-state index in [0.29, 0.717) is 36.4 Å². The van der Waals surface area contributed by atoms with Crippen LogP contribution in [0.15, 0.2) is 112 Å². The number of amides is 1. The van der Waals surface area contributed by atoms with Crippen LogP contribution in [0.2, 0.25) is 0 Å². The summed E-state index contributed by atoms with van der Waals surface area (Å²) in [4.78, 5) is 22.5. The smallest absolute Gasteiger partial charge is 0.266 e. The fourth-order valence-electron chi connectivity index (χ4n) is 5.29. The van der Waals surface area contributed by atoms with E-state index in [4.69, 9.17) is 29.8 Å². The number of halogens is 1. The van der Waals surface area contributed by atoms with Gasteiger partial charge in [-0.3, -0.25) is 10.2 Å². The molecular weight excluding hydrogens is 664 g/mol. The van der Waals surface area contributed by atoms with Crippen molar-refractivity contribution < 1.29 is 24.1 Å². The summed E-state index contributed by atoms with van der Waals surface area (Å²) in [6.45, 7) is 0.866. The Hall–Kier alpha value is -4.87. The Morgan fingerprint density at radius 2 is 1.72 bits per heavy atom. The molecule has 0 aliphatic carbocycles. The van der Waals surface area contributed by atoms with Gasteiger partial charge in [0.05, 0.1) is 20.3 Å². The number of benzene rings is 4. The Balaban J connectivity index is 1.54. The lowest BCUT2D eigenvalue weighted by Crippen LogP contribution is -2.53. The highest BCUT2D eigenvalue weighted by Gasteiger charge is 2.54. The summed E-state index contributed by atoms with van der Waals surface area (Å²) in [6.07, 6.45) is -0.133. The molecule has 5 rings (SSSR count). The van der Waals surface area contributed by atoms with Crippen LogP contribution in [-0.4, -0.2) is 42.8 Å². The first kappa shape index (κ1) is 33.5. The highest BCUT2D eigenvalue weighted by atomic mass is 79.9. The van der Waals surface area contributed by atoms with Crippen molar-refractivity contribution in [3.8, 4) is 11.5 Å². The van der Waals surface area contributed by atoms with Crippen molar-refractivity contribution in [3.63, 3.8) is 0 Å². The summed E-state index contributed by atoms with van der Waals surface area (Å²) >= 11 is 3.50. The molecule has 4 aromatic carbocycles. The molecule has 0 radical (unpaired) electrons. The minimum atomic E-state index is -1.46. The molecule has 1 heterocycles. The van der Waals surface area contributed by atoms with Gasteiger partial charge < -0.3 is 19.3 Å². The number of hydrogen-bond acceptors (Lipinski definition) is 8. The molecule has 12 heteroatoms. The number of hydrogen-bond donors (Lipinski definition) is 3. The molecule has 0 spiro atoms. The lowest BCUT2D eigenvalue weighted by atomic mass is 9.81. The molecule has 47 heavy (non-hydrogen) atoms. The number of carbonyl (C=O) groups excluding carboxylic acids is 1. The second-order valence-electron chi connectivity index (χ2n) is 10.8. The van der Waals surface area contributed by atoms with Crippen molar-refractivity contribution >= 4 is 27.7 Å². The third-order valence-corrected chi connectivity index (χ3v) is 8.24. The van der Waals surface area contributed by atoms with Crippen LogP contribution in [0.1, 0.15) is 40.3 Å². The molecule has 0 saturated heterocycles. The molecule has 4 aromatic rings. The standard InChI is InChI=1S/C35H35BrN6O5/c1-45-29-15-9-25(10-16-29)22-38-41-34(44)35(21-24-7-13-28(36)14-8-24)32(31-6-3-2-5-27(31)23-39-42-37)47-33(40-35)26-11-17-30(18-12-26)46-20-4-19-43/h2-3,5-18,32,38,43H,4,19-23H2,1H3,(H,41,44)/t32-,35-/m0/s1. The van der Waals surface area contributed by atoms with Crippen LogP contribution in [0.5, 0.6) is 11.5 Å². The minimum absolute atomic E-state index is 0.0444. The number of nitrogens with one attached hydrogen (secondary N) is 2. The third kappa shape index (κ3) is 8.30. The van der Waals surface area contributed by atoms with E-state index in [1.807, 2.05) is 84.9 Å². The van der Waals surface area contributed by atoms with E-state index >= 15 is 0 Å². The van der Waals surface area contributed by atoms with Crippen LogP contribution in [0, 0.1) is 0 Å². The van der Waals surface area contributed by atoms with Crippen LogP contribution in [0.25, 0.3) is 10.4 Å². The summed E-state index contributed by atoms with van der Waals surface area (Å²) in [5.41, 5.74) is 17.5. The first-order chi connectivity index (χ1) is 23.0. The van der Waals surface area contributed by atoms with Gasteiger partial charge in [0, 0.05) is 40.9 Å². The molecule has 1 amide bonds. The van der Waals surface area contributed by atoms with Crippen molar-refractivity contribution in [1.29, 1.82) is 0 Å². The van der Waals surface area contributed by atoms with Crippen molar-refractivity contribution in [3.05, 3.63) is 140 Å². The predicted molar refractivity (Wildman–Crippen MR) is 182 cm³/mol. The normalized spacial score (nSPS) is 16.8. The number of aliphatic hydroxyl groups is 1. The van der Waals surface area contributed by atoms with E-state index < -0.39 is 17.6 Å². The number of carbonyl (C=O) groups is 1. The van der Waals surface area contributed by atoms with E-state index in [0.717, 1.165) is 26.9 Å². The van der Waals surface area contributed by atoms with Gasteiger partial charge in [0.2, 0.25) is 5.90 Å². The van der Waals surface area contributed by atoms with E-state index in [9.17, 15) is 4.79 Å². The largest absolute Gasteiger partial charge is 0.497 e. The molecule has 11 nitrogen and oxygen atoms in total. The molecule has 0 unspecified atom stereocenters. The minimum Gasteiger partial charge on any atom is -0.497 e. The molecule has 242 valence electrons. The summed E-state index contributed by atoms with van der Waals surface area (Å²) in [5, 5.41) is 12.9. The van der Waals surface area contributed by atoms with Gasteiger partial charge in [0.15, 0.2) is 11.6 Å². The van der Waals surface area contributed by atoms with Gasteiger partial charge in [-0.1, -0.05) is 69.6 Å². The molecule has 2 atom stereocenters. The van der Waals surface area contributed by atoms with Gasteiger partial charge in [-0.15, -0.1) is 0 Å². The molecule has 1 aliphatic rings. The number of aliphatic imine (C=N–C) groups is 1. The van der Waals surface area contributed by atoms with Gasteiger partial charge >= 0.3 is 0 Å². The second-order valence-corrected chi connectivity index (χ2v) is 11.8. The van der Waals surface area contributed by atoms with E-state index in [-0.39, 0.29) is 25.5 Å².